The molecule has 2 unspecified atom stereocenters. The molecule has 5 heteroatoms. The number of aromatic nitrogens is 2. The molecule has 1 aromatic carbocycles. The molecule has 0 aliphatic heterocycles. The first-order valence-electron chi connectivity index (χ1n) is 8.07. The topological polar surface area (TPSA) is 53.4 Å². The van der Waals surface area contributed by atoms with Crippen molar-refractivity contribution in [2.45, 2.75) is 53.9 Å². The zero-order valence-corrected chi connectivity index (χ0v) is 15.2. The number of rotatable bonds is 5. The largest absolute Gasteiger partial charge is 0.466 e. The van der Waals surface area contributed by atoms with Crippen LogP contribution >= 0.6 is 0 Å². The van der Waals surface area contributed by atoms with Gasteiger partial charge in [-0.15, -0.1) is 0 Å². The van der Waals surface area contributed by atoms with Gasteiger partial charge in [-0.05, 0) is 37.1 Å². The molecule has 0 N–H and O–H groups in total. The second kappa shape index (κ2) is 7.07. The predicted octanol–water partition coefficient (Wildman–Crippen LogP) is 4.06. The van der Waals surface area contributed by atoms with Gasteiger partial charge in [-0.2, -0.15) is 0 Å². The molecule has 0 spiro atoms. The van der Waals surface area contributed by atoms with Gasteiger partial charge in [-0.3, -0.25) is 9.36 Å². The van der Waals surface area contributed by atoms with E-state index in [1.165, 1.54) is 12.5 Å². The van der Waals surface area contributed by atoms with Crippen LogP contribution in [0.3, 0.4) is 0 Å². The van der Waals surface area contributed by atoms with Crippen molar-refractivity contribution in [3.63, 3.8) is 0 Å². The van der Waals surface area contributed by atoms with Crippen LogP contribution in [0.1, 0.15) is 45.0 Å². The van der Waals surface area contributed by atoms with Crippen molar-refractivity contribution >= 4 is 5.97 Å². The van der Waals surface area contributed by atoms with Crippen molar-refractivity contribution in [3.05, 3.63) is 48.0 Å². The molecule has 0 saturated heterocycles. The van der Waals surface area contributed by atoms with E-state index in [1.807, 2.05) is 56.7 Å². The Morgan fingerprint density at radius 2 is 1.92 bits per heavy atom. The van der Waals surface area contributed by atoms with Crippen LogP contribution < -0.4 is 4.74 Å². The number of carbonyl (C=O) groups excluding carboxylic acids is 1. The smallest absolute Gasteiger partial charge is 0.303 e. The summed E-state index contributed by atoms with van der Waals surface area (Å²) < 4.78 is 13.7. The predicted molar refractivity (Wildman–Crippen MR) is 92.8 cm³/mol. The van der Waals surface area contributed by atoms with Crippen molar-refractivity contribution < 1.29 is 14.3 Å². The number of imidazole rings is 1. The number of carbonyl (C=O) groups is 1. The Bertz CT molecular complexity index is 687. The molecule has 2 atom stereocenters. The Morgan fingerprint density at radius 3 is 2.42 bits per heavy atom. The van der Waals surface area contributed by atoms with Crippen molar-refractivity contribution in [1.82, 2.24) is 9.55 Å². The molecule has 1 aromatic heterocycles. The molecule has 2 aromatic rings. The molecule has 0 radical (unpaired) electrons. The first-order chi connectivity index (χ1) is 11.2. The summed E-state index contributed by atoms with van der Waals surface area (Å²) in [4.78, 5) is 15.7. The summed E-state index contributed by atoms with van der Waals surface area (Å²) in [6.07, 6.45) is 4.20. The van der Waals surface area contributed by atoms with Gasteiger partial charge < -0.3 is 9.47 Å². The molecule has 0 bridgehead atoms. The van der Waals surface area contributed by atoms with Crippen molar-refractivity contribution in [3.8, 4) is 5.75 Å². The summed E-state index contributed by atoms with van der Waals surface area (Å²) in [6, 6.07) is 5.94. The average Bonchev–Trinajstić information content (AvgIpc) is 2.99. The van der Waals surface area contributed by atoms with Gasteiger partial charge in [0.2, 0.25) is 6.23 Å². The SMILES string of the molecule is CC(=O)OC(C(Oc1ccc(C)c(C)c1)n1ccnc1)C(C)(C)C. The Hall–Kier alpha value is -2.30. The quantitative estimate of drug-likeness (QED) is 0.776. The summed E-state index contributed by atoms with van der Waals surface area (Å²) >= 11 is 0. The minimum absolute atomic E-state index is 0.305. The third-order valence-corrected chi connectivity index (χ3v) is 3.96. The van der Waals surface area contributed by atoms with Gasteiger partial charge in [0, 0.05) is 24.7 Å². The monoisotopic (exact) mass is 330 g/mol. The van der Waals surface area contributed by atoms with E-state index >= 15 is 0 Å². The van der Waals surface area contributed by atoms with E-state index in [2.05, 4.69) is 11.9 Å². The second-order valence-electron chi connectivity index (χ2n) is 7.16. The summed E-state index contributed by atoms with van der Waals surface area (Å²) in [6.45, 7) is 11.6. The van der Waals surface area contributed by atoms with Gasteiger partial charge in [0.25, 0.3) is 0 Å². The molecule has 0 aliphatic carbocycles. The molecule has 0 amide bonds. The van der Waals surface area contributed by atoms with Gasteiger partial charge in [0.1, 0.15) is 5.75 Å². The Morgan fingerprint density at radius 1 is 1.21 bits per heavy atom. The highest BCUT2D eigenvalue weighted by Crippen LogP contribution is 2.33. The van der Waals surface area contributed by atoms with Crippen LogP contribution in [0.25, 0.3) is 0 Å². The lowest BCUT2D eigenvalue weighted by Crippen LogP contribution is -2.41. The number of nitrogens with zero attached hydrogens (tertiary/aromatic N) is 2. The fourth-order valence-corrected chi connectivity index (χ4v) is 2.47. The maximum absolute atomic E-state index is 11.6. The zero-order valence-electron chi connectivity index (χ0n) is 15.2. The normalized spacial score (nSPS) is 14.1. The van der Waals surface area contributed by atoms with E-state index in [4.69, 9.17) is 9.47 Å². The van der Waals surface area contributed by atoms with Crippen LogP contribution in [-0.2, 0) is 9.53 Å². The van der Waals surface area contributed by atoms with Crippen molar-refractivity contribution in [1.29, 1.82) is 0 Å². The average molecular weight is 330 g/mol. The maximum Gasteiger partial charge on any atom is 0.303 e. The van der Waals surface area contributed by atoms with Crippen LogP contribution in [0.2, 0.25) is 0 Å². The first-order valence-corrected chi connectivity index (χ1v) is 8.07. The van der Waals surface area contributed by atoms with Gasteiger partial charge >= 0.3 is 5.97 Å². The van der Waals surface area contributed by atoms with Crippen LogP contribution in [0.4, 0.5) is 0 Å². The number of ether oxygens (including phenoxy) is 2. The lowest BCUT2D eigenvalue weighted by atomic mass is 9.87. The lowest BCUT2D eigenvalue weighted by molar-refractivity contribution is -0.165. The molecule has 0 aliphatic rings. The summed E-state index contributed by atoms with van der Waals surface area (Å²) in [5.41, 5.74) is 2.05. The van der Waals surface area contributed by atoms with Gasteiger partial charge in [-0.1, -0.05) is 26.8 Å². The van der Waals surface area contributed by atoms with E-state index in [0.717, 1.165) is 11.3 Å². The molecular weight excluding hydrogens is 304 g/mol. The van der Waals surface area contributed by atoms with E-state index in [9.17, 15) is 4.79 Å². The molecule has 0 saturated carbocycles. The molecule has 130 valence electrons. The molecule has 5 nitrogen and oxygen atoms in total. The highest BCUT2D eigenvalue weighted by atomic mass is 16.6. The fourth-order valence-electron chi connectivity index (χ4n) is 2.47. The fraction of sp³-hybridized carbons (Fsp3) is 0.474. The van der Waals surface area contributed by atoms with Gasteiger partial charge in [0.05, 0.1) is 6.33 Å². The summed E-state index contributed by atoms with van der Waals surface area (Å²) in [5, 5.41) is 0. The van der Waals surface area contributed by atoms with Crippen LogP contribution in [0, 0.1) is 19.3 Å². The van der Waals surface area contributed by atoms with Gasteiger partial charge in [-0.25, -0.2) is 4.98 Å². The minimum Gasteiger partial charge on any atom is -0.466 e. The van der Waals surface area contributed by atoms with E-state index in [1.54, 1.807) is 12.5 Å². The number of hydrogen-bond donors (Lipinski definition) is 0. The zero-order chi connectivity index (χ0) is 17.9. The van der Waals surface area contributed by atoms with Crippen molar-refractivity contribution in [2.75, 3.05) is 0 Å². The highest BCUT2D eigenvalue weighted by Gasteiger charge is 2.38. The molecule has 1 heterocycles. The van der Waals surface area contributed by atoms with Crippen LogP contribution in [0.5, 0.6) is 5.75 Å². The molecule has 24 heavy (non-hydrogen) atoms. The Labute approximate surface area is 143 Å². The Kier molecular flexibility index (Phi) is 5.32. The Balaban J connectivity index is 2.39. The van der Waals surface area contributed by atoms with Crippen LogP contribution in [-0.4, -0.2) is 21.6 Å². The lowest BCUT2D eigenvalue weighted by Gasteiger charge is -2.36. The van der Waals surface area contributed by atoms with E-state index in [-0.39, 0.29) is 11.4 Å². The third-order valence-electron chi connectivity index (χ3n) is 3.96. The number of benzene rings is 1. The number of hydrogen-bond acceptors (Lipinski definition) is 4. The van der Waals surface area contributed by atoms with Crippen molar-refractivity contribution in [2.24, 2.45) is 5.41 Å². The second-order valence-corrected chi connectivity index (χ2v) is 7.16. The first kappa shape index (κ1) is 18.0. The summed E-state index contributed by atoms with van der Waals surface area (Å²) in [7, 11) is 0. The third kappa shape index (κ3) is 4.37. The van der Waals surface area contributed by atoms with E-state index in [0.29, 0.717) is 0 Å². The molecule has 0 fully saturated rings. The maximum atomic E-state index is 11.6. The van der Waals surface area contributed by atoms with Crippen LogP contribution in [0.15, 0.2) is 36.9 Å². The standard InChI is InChI=1S/C19H26N2O3/c1-13-7-8-16(11-14(13)2)24-18(21-10-9-20-12-21)17(19(4,5)6)23-15(3)22/h7-12,17-18H,1-6H3. The highest BCUT2D eigenvalue weighted by molar-refractivity contribution is 5.66. The molecular formula is C19H26N2O3. The number of esters is 1. The van der Waals surface area contributed by atoms with E-state index < -0.39 is 12.3 Å². The minimum atomic E-state index is -0.501. The summed E-state index contributed by atoms with van der Waals surface area (Å²) in [5.74, 6) is 0.405. The van der Waals surface area contributed by atoms with Gasteiger partial charge in [0.15, 0.2) is 6.10 Å². The number of aryl methyl sites for hydroxylation is 2. The molecule has 2 rings (SSSR count).